The van der Waals surface area contributed by atoms with Crippen molar-refractivity contribution in [3.8, 4) is 0 Å². The molecular formula is C24H38O6. The lowest BCUT2D eigenvalue weighted by molar-refractivity contribution is -0.236. The van der Waals surface area contributed by atoms with Gasteiger partial charge in [-0.2, -0.15) is 0 Å². The number of carbonyl (C=O) groups excluding carboxylic acids is 1. The topological polar surface area (TPSA) is 115 Å². The first kappa shape index (κ1) is 22.2. The molecule has 170 valence electrons. The van der Waals surface area contributed by atoms with Gasteiger partial charge in [0, 0.05) is 37.0 Å². The molecule has 4 aliphatic carbocycles. The molecule has 0 spiro atoms. The number of ketones is 1. The first-order chi connectivity index (χ1) is 13.9. The number of aliphatic hydroxyl groups excluding tert-OH is 1. The molecular weight excluding hydrogens is 384 g/mol. The molecule has 0 aliphatic heterocycles. The monoisotopic (exact) mass is 422 g/mol. The minimum Gasteiger partial charge on any atom is -0.481 e. The van der Waals surface area contributed by atoms with Crippen molar-refractivity contribution < 1.29 is 30.0 Å². The van der Waals surface area contributed by atoms with Gasteiger partial charge in [0.25, 0.3) is 0 Å². The van der Waals surface area contributed by atoms with Crippen molar-refractivity contribution in [2.45, 2.75) is 90.4 Å². The normalized spacial score (nSPS) is 48.4. The van der Waals surface area contributed by atoms with Gasteiger partial charge in [0.2, 0.25) is 0 Å². The first-order valence-electron chi connectivity index (χ1n) is 11.8. The number of aliphatic carboxylic acids is 1. The summed E-state index contributed by atoms with van der Waals surface area (Å²) in [4.78, 5) is 24.5. The van der Waals surface area contributed by atoms with Gasteiger partial charge in [-0.15, -0.1) is 0 Å². The largest absolute Gasteiger partial charge is 0.481 e. The number of hydrogen-bond acceptors (Lipinski definition) is 5. The molecule has 4 rings (SSSR count). The highest BCUT2D eigenvalue weighted by Crippen LogP contribution is 2.68. The SMILES string of the molecule is CC(CCC(=O)O)C1CCC2C3C(=O)CC4CC(O)(O)CCC4(C)C3CC(O)C12C. The van der Waals surface area contributed by atoms with E-state index in [1.165, 1.54) is 0 Å². The summed E-state index contributed by atoms with van der Waals surface area (Å²) in [7, 11) is 0. The number of hydrogen-bond donors (Lipinski definition) is 4. The third kappa shape index (κ3) is 3.25. The van der Waals surface area contributed by atoms with E-state index in [0.717, 1.165) is 12.8 Å². The molecule has 0 radical (unpaired) electrons. The molecule has 0 aromatic carbocycles. The number of carboxylic acids is 1. The van der Waals surface area contributed by atoms with E-state index in [4.69, 9.17) is 5.11 Å². The van der Waals surface area contributed by atoms with Gasteiger partial charge in [0.05, 0.1) is 6.10 Å². The molecule has 0 saturated heterocycles. The fraction of sp³-hybridized carbons (Fsp3) is 0.917. The maximum Gasteiger partial charge on any atom is 0.303 e. The van der Waals surface area contributed by atoms with Crippen LogP contribution in [0.25, 0.3) is 0 Å². The Morgan fingerprint density at radius 2 is 1.87 bits per heavy atom. The second kappa shape index (κ2) is 7.28. The average Bonchev–Trinajstić information content (AvgIpc) is 3.00. The van der Waals surface area contributed by atoms with Gasteiger partial charge < -0.3 is 20.4 Å². The Morgan fingerprint density at radius 1 is 1.17 bits per heavy atom. The number of carbonyl (C=O) groups is 2. The summed E-state index contributed by atoms with van der Waals surface area (Å²) >= 11 is 0. The van der Waals surface area contributed by atoms with E-state index in [1.54, 1.807) is 0 Å². The summed E-state index contributed by atoms with van der Waals surface area (Å²) in [5, 5.41) is 40.9. The summed E-state index contributed by atoms with van der Waals surface area (Å²) in [5.74, 6) is -1.70. The van der Waals surface area contributed by atoms with Crippen LogP contribution in [0.3, 0.4) is 0 Å². The van der Waals surface area contributed by atoms with E-state index in [1.807, 2.05) is 0 Å². The summed E-state index contributed by atoms with van der Waals surface area (Å²) in [5.41, 5.74) is -0.507. The standard InChI is InChI=1S/C24H38O6/c1-13(4-7-20(27)28)15-5-6-16-21-17(11-19(26)23(15,16)3)22(2)8-9-24(29,30)12-14(22)10-18(21)25/h13-17,19,21,26,29-30H,4-12H2,1-3H3,(H,27,28). The second-order valence-electron chi connectivity index (χ2n) is 11.5. The van der Waals surface area contributed by atoms with Crippen LogP contribution in [0.1, 0.15) is 78.6 Å². The molecule has 0 aromatic heterocycles. The Labute approximate surface area is 179 Å². The molecule has 4 aliphatic rings. The molecule has 0 amide bonds. The number of rotatable bonds is 4. The van der Waals surface area contributed by atoms with Gasteiger partial charge in [-0.05, 0) is 67.1 Å². The van der Waals surface area contributed by atoms with Gasteiger partial charge in [0.15, 0.2) is 5.79 Å². The predicted molar refractivity (Wildman–Crippen MR) is 110 cm³/mol. The lowest BCUT2D eigenvalue weighted by Crippen LogP contribution is -2.62. The highest BCUT2D eigenvalue weighted by Gasteiger charge is 2.66. The minimum absolute atomic E-state index is 0.0433. The Balaban J connectivity index is 1.62. The van der Waals surface area contributed by atoms with E-state index in [0.29, 0.717) is 32.1 Å². The highest BCUT2D eigenvalue weighted by molar-refractivity contribution is 5.83. The zero-order chi connectivity index (χ0) is 22.1. The molecule has 4 fully saturated rings. The van der Waals surface area contributed by atoms with Crippen LogP contribution >= 0.6 is 0 Å². The molecule has 6 nitrogen and oxygen atoms in total. The van der Waals surface area contributed by atoms with Crippen LogP contribution < -0.4 is 0 Å². The lowest BCUT2D eigenvalue weighted by Gasteiger charge is -2.62. The predicted octanol–water partition coefficient (Wildman–Crippen LogP) is 2.98. The molecule has 0 heterocycles. The average molecular weight is 423 g/mol. The quantitative estimate of drug-likeness (QED) is 0.518. The zero-order valence-corrected chi connectivity index (χ0v) is 18.5. The second-order valence-corrected chi connectivity index (χ2v) is 11.5. The van der Waals surface area contributed by atoms with Gasteiger partial charge in [-0.1, -0.05) is 20.8 Å². The maximum atomic E-state index is 13.4. The highest BCUT2D eigenvalue weighted by atomic mass is 16.5. The van der Waals surface area contributed by atoms with Crippen LogP contribution in [0.5, 0.6) is 0 Å². The summed E-state index contributed by atoms with van der Waals surface area (Å²) in [6, 6.07) is 0. The van der Waals surface area contributed by atoms with Crippen molar-refractivity contribution in [3.63, 3.8) is 0 Å². The molecule has 0 bridgehead atoms. The van der Waals surface area contributed by atoms with Crippen molar-refractivity contribution in [3.05, 3.63) is 0 Å². The van der Waals surface area contributed by atoms with Crippen molar-refractivity contribution >= 4 is 11.8 Å². The Hall–Kier alpha value is -0.980. The molecule has 30 heavy (non-hydrogen) atoms. The van der Waals surface area contributed by atoms with Crippen LogP contribution in [0.4, 0.5) is 0 Å². The van der Waals surface area contributed by atoms with Crippen LogP contribution in [-0.4, -0.2) is 44.1 Å². The van der Waals surface area contributed by atoms with Gasteiger partial charge in [0.1, 0.15) is 5.78 Å². The van der Waals surface area contributed by atoms with E-state index in [2.05, 4.69) is 20.8 Å². The number of Topliss-reactive ketones (excluding diaryl/α,β-unsaturated/α-hetero) is 1. The fourth-order valence-corrected chi connectivity index (χ4v) is 8.39. The Morgan fingerprint density at radius 3 is 2.53 bits per heavy atom. The van der Waals surface area contributed by atoms with E-state index >= 15 is 0 Å². The van der Waals surface area contributed by atoms with Gasteiger partial charge in [-0.3, -0.25) is 9.59 Å². The number of fused-ring (bicyclic) bond motifs is 5. The van der Waals surface area contributed by atoms with E-state index in [9.17, 15) is 24.9 Å². The fourth-order valence-electron chi connectivity index (χ4n) is 8.39. The van der Waals surface area contributed by atoms with Crippen LogP contribution in [0, 0.1) is 46.3 Å². The lowest BCUT2D eigenvalue weighted by atomic mass is 9.43. The molecule has 9 unspecified atom stereocenters. The van der Waals surface area contributed by atoms with Crippen molar-refractivity contribution in [2.24, 2.45) is 46.3 Å². The maximum absolute atomic E-state index is 13.4. The van der Waals surface area contributed by atoms with Gasteiger partial charge >= 0.3 is 5.97 Å². The third-order valence-electron chi connectivity index (χ3n) is 10.2. The molecule has 4 saturated carbocycles. The smallest absolute Gasteiger partial charge is 0.303 e. The number of carboxylic acid groups (broad SMARTS) is 1. The van der Waals surface area contributed by atoms with Crippen molar-refractivity contribution in [1.29, 1.82) is 0 Å². The first-order valence-corrected chi connectivity index (χ1v) is 11.8. The van der Waals surface area contributed by atoms with Crippen molar-refractivity contribution in [1.82, 2.24) is 0 Å². The van der Waals surface area contributed by atoms with Crippen LogP contribution in [0.15, 0.2) is 0 Å². The molecule has 0 aromatic rings. The minimum atomic E-state index is -1.68. The Kier molecular flexibility index (Phi) is 5.39. The van der Waals surface area contributed by atoms with E-state index in [-0.39, 0.29) is 65.0 Å². The third-order valence-corrected chi connectivity index (χ3v) is 10.2. The molecule has 6 heteroatoms. The molecule has 4 N–H and O–H groups in total. The summed E-state index contributed by atoms with van der Waals surface area (Å²) in [6.45, 7) is 6.44. The number of aliphatic hydroxyl groups is 3. The van der Waals surface area contributed by atoms with Crippen LogP contribution in [-0.2, 0) is 9.59 Å². The summed E-state index contributed by atoms with van der Waals surface area (Å²) < 4.78 is 0. The van der Waals surface area contributed by atoms with Gasteiger partial charge in [-0.25, -0.2) is 0 Å². The zero-order valence-electron chi connectivity index (χ0n) is 18.5. The van der Waals surface area contributed by atoms with Crippen LogP contribution in [0.2, 0.25) is 0 Å². The van der Waals surface area contributed by atoms with Crippen molar-refractivity contribution in [2.75, 3.05) is 0 Å². The Bertz CT molecular complexity index is 718. The van der Waals surface area contributed by atoms with E-state index < -0.39 is 17.9 Å². The summed E-state index contributed by atoms with van der Waals surface area (Å²) in [6.07, 6.45) is 4.31. The molecule has 9 atom stereocenters.